The maximum absolute atomic E-state index is 12.0. The molecule has 0 bridgehead atoms. The van der Waals surface area contributed by atoms with Crippen LogP contribution in [0.25, 0.3) is 0 Å². The highest BCUT2D eigenvalue weighted by Crippen LogP contribution is 2.29. The summed E-state index contributed by atoms with van der Waals surface area (Å²) in [6.45, 7) is 2.58. The van der Waals surface area contributed by atoms with Crippen LogP contribution < -0.4 is 20.1 Å². The number of aryl methyl sites for hydroxylation is 1. The molecule has 0 saturated carbocycles. The fourth-order valence-electron chi connectivity index (χ4n) is 2.16. The van der Waals surface area contributed by atoms with Crippen molar-refractivity contribution in [3.05, 3.63) is 46.4 Å². The summed E-state index contributed by atoms with van der Waals surface area (Å²) in [5.41, 5.74) is 2.83. The quantitative estimate of drug-likeness (QED) is 0.740. The van der Waals surface area contributed by atoms with Crippen molar-refractivity contribution in [3.63, 3.8) is 0 Å². The topological polar surface area (TPSA) is 59.6 Å². The van der Waals surface area contributed by atoms with Gasteiger partial charge in [0.25, 0.3) is 0 Å². The molecule has 6 heteroatoms. The number of hydrogen-bond donors (Lipinski definition) is 2. The van der Waals surface area contributed by atoms with E-state index in [9.17, 15) is 4.79 Å². The van der Waals surface area contributed by atoms with Gasteiger partial charge >= 0.3 is 0 Å². The third-order valence-corrected chi connectivity index (χ3v) is 4.37. The van der Waals surface area contributed by atoms with Gasteiger partial charge in [-0.3, -0.25) is 4.79 Å². The molecule has 0 heterocycles. The minimum atomic E-state index is -0.0686. The number of anilines is 2. The zero-order chi connectivity index (χ0) is 17.5. The lowest BCUT2D eigenvalue weighted by molar-refractivity contribution is -0.115. The number of ether oxygens (including phenoxy) is 2. The van der Waals surface area contributed by atoms with Crippen molar-refractivity contribution >= 4 is 33.2 Å². The number of benzene rings is 2. The lowest BCUT2D eigenvalue weighted by Gasteiger charge is -2.11. The zero-order valence-electron chi connectivity index (χ0n) is 14.0. The van der Waals surface area contributed by atoms with Crippen molar-refractivity contribution < 1.29 is 14.3 Å². The van der Waals surface area contributed by atoms with Crippen LogP contribution in [-0.4, -0.2) is 26.7 Å². The van der Waals surface area contributed by atoms with E-state index in [1.807, 2.05) is 25.1 Å². The van der Waals surface area contributed by atoms with Gasteiger partial charge in [0.2, 0.25) is 5.91 Å². The molecule has 2 N–H and O–H groups in total. The van der Waals surface area contributed by atoms with Gasteiger partial charge in [0, 0.05) is 34.9 Å². The summed E-state index contributed by atoms with van der Waals surface area (Å²) in [5.74, 6) is 1.14. The Morgan fingerprint density at radius 3 is 2.42 bits per heavy atom. The van der Waals surface area contributed by atoms with E-state index in [4.69, 9.17) is 9.47 Å². The van der Waals surface area contributed by atoms with Crippen molar-refractivity contribution in [2.75, 3.05) is 31.4 Å². The molecule has 0 spiro atoms. The van der Waals surface area contributed by atoms with E-state index in [1.54, 1.807) is 32.4 Å². The minimum absolute atomic E-state index is 0.0686. The highest BCUT2D eigenvalue weighted by Gasteiger charge is 2.07. The van der Waals surface area contributed by atoms with Gasteiger partial charge in [0.15, 0.2) is 11.5 Å². The molecule has 2 rings (SSSR count). The molecule has 0 aliphatic rings. The number of nitrogens with one attached hydrogen (secondary N) is 2. The fraction of sp³-hybridized carbons (Fsp3) is 0.278. The molecule has 0 aromatic heterocycles. The van der Waals surface area contributed by atoms with Crippen LogP contribution in [0.15, 0.2) is 40.9 Å². The molecule has 2 aromatic carbocycles. The normalized spacial score (nSPS) is 10.2. The summed E-state index contributed by atoms with van der Waals surface area (Å²) in [7, 11) is 3.14. The zero-order valence-corrected chi connectivity index (χ0v) is 15.6. The van der Waals surface area contributed by atoms with Gasteiger partial charge in [-0.1, -0.05) is 22.0 Å². The number of carbonyl (C=O) groups is 1. The molecule has 24 heavy (non-hydrogen) atoms. The number of carbonyl (C=O) groups excluding carboxylic acids is 1. The van der Waals surface area contributed by atoms with E-state index >= 15 is 0 Å². The monoisotopic (exact) mass is 392 g/mol. The molecule has 0 atom stereocenters. The van der Waals surface area contributed by atoms with Gasteiger partial charge in [-0.05, 0) is 36.8 Å². The second kappa shape index (κ2) is 8.59. The Hall–Kier alpha value is -2.21. The Balaban J connectivity index is 1.86. The molecule has 1 amide bonds. The Morgan fingerprint density at radius 2 is 1.75 bits per heavy atom. The summed E-state index contributed by atoms with van der Waals surface area (Å²) in [4.78, 5) is 12.0. The highest BCUT2D eigenvalue weighted by atomic mass is 79.9. The van der Waals surface area contributed by atoms with Crippen LogP contribution in [0.4, 0.5) is 11.4 Å². The predicted octanol–water partition coefficient (Wildman–Crippen LogP) is 4.22. The third kappa shape index (κ3) is 4.89. The van der Waals surface area contributed by atoms with Crippen LogP contribution in [0, 0.1) is 6.92 Å². The van der Waals surface area contributed by atoms with Crippen LogP contribution in [0.1, 0.15) is 12.0 Å². The van der Waals surface area contributed by atoms with Crippen LogP contribution in [-0.2, 0) is 4.79 Å². The van der Waals surface area contributed by atoms with E-state index in [2.05, 4.69) is 26.6 Å². The second-order valence-electron chi connectivity index (χ2n) is 5.26. The number of methoxy groups -OCH3 is 2. The van der Waals surface area contributed by atoms with Gasteiger partial charge in [-0.25, -0.2) is 0 Å². The number of rotatable bonds is 7. The van der Waals surface area contributed by atoms with Crippen molar-refractivity contribution in [1.29, 1.82) is 0 Å². The molecule has 2 aromatic rings. The van der Waals surface area contributed by atoms with Gasteiger partial charge < -0.3 is 20.1 Å². The molecule has 0 saturated heterocycles. The Kier molecular flexibility index (Phi) is 6.49. The van der Waals surface area contributed by atoms with E-state index in [-0.39, 0.29) is 5.91 Å². The molecule has 5 nitrogen and oxygen atoms in total. The first-order valence-electron chi connectivity index (χ1n) is 7.55. The Bertz CT molecular complexity index is 719. The summed E-state index contributed by atoms with van der Waals surface area (Å²) >= 11 is 3.50. The lowest BCUT2D eigenvalue weighted by Crippen LogP contribution is -2.16. The van der Waals surface area contributed by atoms with Crippen molar-refractivity contribution in [3.8, 4) is 11.5 Å². The van der Waals surface area contributed by atoms with Crippen LogP contribution in [0.3, 0.4) is 0 Å². The van der Waals surface area contributed by atoms with Crippen molar-refractivity contribution in [1.82, 2.24) is 0 Å². The van der Waals surface area contributed by atoms with E-state index in [0.29, 0.717) is 30.2 Å². The van der Waals surface area contributed by atoms with E-state index in [1.165, 1.54) is 5.56 Å². The van der Waals surface area contributed by atoms with E-state index < -0.39 is 0 Å². The maximum Gasteiger partial charge on any atom is 0.226 e. The largest absolute Gasteiger partial charge is 0.493 e. The molecule has 128 valence electrons. The summed E-state index contributed by atoms with van der Waals surface area (Å²) in [6, 6.07) is 11.3. The first-order valence-corrected chi connectivity index (χ1v) is 8.34. The van der Waals surface area contributed by atoms with Crippen LogP contribution in [0.2, 0.25) is 0 Å². The average Bonchev–Trinajstić information content (AvgIpc) is 2.58. The SMILES string of the molecule is COc1ccc(NC(=O)CCNc2ccc(C)c(Br)c2)cc1OC. The molecule has 0 fully saturated rings. The molecular formula is C18H21BrN2O3. The maximum atomic E-state index is 12.0. The van der Waals surface area contributed by atoms with Gasteiger partial charge in [-0.15, -0.1) is 0 Å². The minimum Gasteiger partial charge on any atom is -0.493 e. The second-order valence-corrected chi connectivity index (χ2v) is 6.11. The predicted molar refractivity (Wildman–Crippen MR) is 100 cm³/mol. The smallest absolute Gasteiger partial charge is 0.226 e. The summed E-state index contributed by atoms with van der Waals surface area (Å²) in [5, 5.41) is 6.09. The van der Waals surface area contributed by atoms with Crippen molar-refractivity contribution in [2.45, 2.75) is 13.3 Å². The van der Waals surface area contributed by atoms with Gasteiger partial charge in [0.05, 0.1) is 14.2 Å². The van der Waals surface area contributed by atoms with Gasteiger partial charge in [0.1, 0.15) is 0 Å². The molecule has 0 aliphatic heterocycles. The lowest BCUT2D eigenvalue weighted by atomic mass is 10.2. The molecular weight excluding hydrogens is 372 g/mol. The Morgan fingerprint density at radius 1 is 1.04 bits per heavy atom. The van der Waals surface area contributed by atoms with Gasteiger partial charge in [-0.2, -0.15) is 0 Å². The molecule has 0 unspecified atom stereocenters. The van der Waals surface area contributed by atoms with Crippen molar-refractivity contribution in [2.24, 2.45) is 0 Å². The third-order valence-electron chi connectivity index (χ3n) is 3.52. The van der Waals surface area contributed by atoms with Crippen LogP contribution in [0.5, 0.6) is 11.5 Å². The molecule has 0 aliphatic carbocycles. The number of halogens is 1. The molecule has 0 radical (unpaired) electrons. The first-order chi connectivity index (χ1) is 11.5. The van der Waals surface area contributed by atoms with Crippen LogP contribution >= 0.6 is 15.9 Å². The summed E-state index contributed by atoms with van der Waals surface area (Å²) < 4.78 is 11.4. The Labute approximate surface area is 150 Å². The van der Waals surface area contributed by atoms with E-state index in [0.717, 1.165) is 10.2 Å². The first kappa shape index (κ1) is 18.1. The fourth-order valence-corrected chi connectivity index (χ4v) is 2.54. The number of hydrogen-bond acceptors (Lipinski definition) is 4. The highest BCUT2D eigenvalue weighted by molar-refractivity contribution is 9.10. The number of amides is 1. The standard InChI is InChI=1S/C18H21BrN2O3/c1-12-4-5-13(10-15(12)19)20-9-8-18(22)21-14-6-7-16(23-2)17(11-14)24-3/h4-7,10-11,20H,8-9H2,1-3H3,(H,21,22). The summed E-state index contributed by atoms with van der Waals surface area (Å²) in [6.07, 6.45) is 0.361. The average molecular weight is 393 g/mol.